The minimum Gasteiger partial charge on any atom is -0.462 e. The summed E-state index contributed by atoms with van der Waals surface area (Å²) in [4.78, 5) is 48.1. The van der Waals surface area contributed by atoms with Gasteiger partial charge in [0.05, 0.1) is 25.0 Å². The molecular formula is C30H38O8. The molecule has 0 radical (unpaired) electrons. The maximum absolute atomic E-state index is 12.8. The van der Waals surface area contributed by atoms with Crippen molar-refractivity contribution in [3.63, 3.8) is 0 Å². The first-order valence-corrected chi connectivity index (χ1v) is 13.3. The van der Waals surface area contributed by atoms with E-state index < -0.39 is 11.9 Å². The molecule has 0 spiro atoms. The van der Waals surface area contributed by atoms with Gasteiger partial charge >= 0.3 is 23.9 Å². The van der Waals surface area contributed by atoms with E-state index >= 15 is 0 Å². The van der Waals surface area contributed by atoms with Crippen molar-refractivity contribution >= 4 is 23.9 Å². The summed E-state index contributed by atoms with van der Waals surface area (Å²) in [7, 11) is 0. The van der Waals surface area contributed by atoms with E-state index in [-0.39, 0.29) is 35.6 Å². The van der Waals surface area contributed by atoms with Gasteiger partial charge in [0, 0.05) is 12.2 Å². The second-order valence-corrected chi connectivity index (χ2v) is 10.3. The van der Waals surface area contributed by atoms with Gasteiger partial charge < -0.3 is 18.9 Å². The molecule has 8 heteroatoms. The molecule has 8 nitrogen and oxygen atoms in total. The summed E-state index contributed by atoms with van der Waals surface area (Å²) < 4.78 is 21.7. The van der Waals surface area contributed by atoms with Crippen molar-refractivity contribution in [3.8, 4) is 11.5 Å². The van der Waals surface area contributed by atoms with Crippen LogP contribution in [0.5, 0.6) is 11.5 Å². The largest absolute Gasteiger partial charge is 0.462 e. The molecule has 0 unspecified atom stereocenters. The van der Waals surface area contributed by atoms with Crippen LogP contribution in [0.2, 0.25) is 0 Å². The molecule has 0 aliphatic heterocycles. The van der Waals surface area contributed by atoms with E-state index in [9.17, 15) is 19.2 Å². The molecule has 0 saturated heterocycles. The van der Waals surface area contributed by atoms with E-state index in [1.165, 1.54) is 0 Å². The molecule has 0 N–H and O–H groups in total. The number of hydrogen-bond donors (Lipinski definition) is 0. The van der Waals surface area contributed by atoms with Crippen LogP contribution < -0.4 is 9.47 Å². The van der Waals surface area contributed by atoms with Gasteiger partial charge in [0.1, 0.15) is 11.5 Å². The Hall–Kier alpha value is -3.42. The van der Waals surface area contributed by atoms with Gasteiger partial charge in [-0.25, -0.2) is 9.59 Å². The lowest BCUT2D eigenvalue weighted by Gasteiger charge is -2.27. The lowest BCUT2D eigenvalue weighted by Crippen LogP contribution is -2.28. The molecule has 1 aromatic rings. The molecule has 206 valence electrons. The Morgan fingerprint density at radius 3 is 1.34 bits per heavy atom. The van der Waals surface area contributed by atoms with Gasteiger partial charge in [-0.3, -0.25) is 9.59 Å². The SMILES string of the molecule is C=CC(=O)OCC1CCC(C(=O)Oc2ccc(OC(=O)C3CCC(COC(=O)C=C)CC3)c(C)c2C)CC1. The third-order valence-corrected chi connectivity index (χ3v) is 7.72. The molecule has 0 atom stereocenters. The zero-order valence-corrected chi connectivity index (χ0v) is 22.4. The predicted octanol–water partition coefficient (Wildman–Crippen LogP) is 5.19. The molecule has 0 amide bonds. The molecule has 2 aliphatic carbocycles. The van der Waals surface area contributed by atoms with Crippen molar-refractivity contribution in [2.75, 3.05) is 13.2 Å². The first kappa shape index (κ1) is 29.1. The van der Waals surface area contributed by atoms with E-state index in [2.05, 4.69) is 13.2 Å². The van der Waals surface area contributed by atoms with Gasteiger partial charge in [-0.2, -0.15) is 0 Å². The lowest BCUT2D eigenvalue weighted by molar-refractivity contribution is -0.143. The lowest BCUT2D eigenvalue weighted by atomic mass is 9.82. The van der Waals surface area contributed by atoms with Crippen molar-refractivity contribution in [1.29, 1.82) is 0 Å². The fourth-order valence-electron chi connectivity index (χ4n) is 5.02. The van der Waals surface area contributed by atoms with Crippen molar-refractivity contribution in [2.24, 2.45) is 23.7 Å². The van der Waals surface area contributed by atoms with Gasteiger partial charge in [0.25, 0.3) is 0 Å². The standard InChI is InChI=1S/C30H38O8/c1-5-27(31)35-17-21-7-11-23(12-8-21)29(33)37-25-15-16-26(20(4)19(25)3)38-30(34)24-13-9-22(10-14-24)18-36-28(32)6-2/h5-6,15-16,21-24H,1-2,7-14,17-18H2,3-4H3. The molecular weight excluding hydrogens is 488 g/mol. The number of esters is 4. The van der Waals surface area contributed by atoms with Crippen LogP contribution in [0.4, 0.5) is 0 Å². The van der Waals surface area contributed by atoms with Gasteiger partial charge in [-0.15, -0.1) is 0 Å². The van der Waals surface area contributed by atoms with E-state index in [0.29, 0.717) is 50.4 Å². The minimum atomic E-state index is -0.428. The first-order chi connectivity index (χ1) is 18.2. The van der Waals surface area contributed by atoms with Crippen LogP contribution in [0.3, 0.4) is 0 Å². The highest BCUT2D eigenvalue weighted by Crippen LogP contribution is 2.35. The second kappa shape index (κ2) is 13.9. The highest BCUT2D eigenvalue weighted by molar-refractivity contribution is 5.81. The Kier molecular flexibility index (Phi) is 10.7. The van der Waals surface area contributed by atoms with Gasteiger partial charge in [-0.05, 0) is 100 Å². The summed E-state index contributed by atoms with van der Waals surface area (Å²) in [5, 5.41) is 0. The Morgan fingerprint density at radius 2 is 1.03 bits per heavy atom. The van der Waals surface area contributed by atoms with E-state index in [4.69, 9.17) is 18.9 Å². The molecule has 0 heterocycles. The Morgan fingerprint density at radius 1 is 0.684 bits per heavy atom. The van der Waals surface area contributed by atoms with Gasteiger partial charge in [0.15, 0.2) is 0 Å². The van der Waals surface area contributed by atoms with Crippen LogP contribution in [0.25, 0.3) is 0 Å². The van der Waals surface area contributed by atoms with Gasteiger partial charge in [0.2, 0.25) is 0 Å². The van der Waals surface area contributed by atoms with Crippen LogP contribution in [0.15, 0.2) is 37.4 Å². The van der Waals surface area contributed by atoms with Crippen LogP contribution in [0, 0.1) is 37.5 Å². The number of ether oxygens (including phenoxy) is 4. The summed E-state index contributed by atoms with van der Waals surface area (Å²) in [6.07, 6.45) is 8.19. The molecule has 0 bridgehead atoms. The van der Waals surface area contributed by atoms with E-state index in [1.54, 1.807) is 12.1 Å². The fourth-order valence-corrected chi connectivity index (χ4v) is 5.02. The maximum atomic E-state index is 12.8. The maximum Gasteiger partial charge on any atom is 0.330 e. The highest BCUT2D eigenvalue weighted by Gasteiger charge is 2.30. The van der Waals surface area contributed by atoms with Crippen LogP contribution in [-0.2, 0) is 28.7 Å². The quantitative estimate of drug-likeness (QED) is 0.233. The molecule has 1 aromatic carbocycles. The van der Waals surface area contributed by atoms with Crippen molar-refractivity contribution < 1.29 is 38.1 Å². The van der Waals surface area contributed by atoms with Crippen LogP contribution in [-0.4, -0.2) is 37.1 Å². The fraction of sp³-hybridized carbons (Fsp3) is 0.533. The van der Waals surface area contributed by atoms with Crippen molar-refractivity contribution in [2.45, 2.75) is 65.2 Å². The molecule has 2 aliphatic rings. The zero-order valence-electron chi connectivity index (χ0n) is 22.4. The summed E-state index contributed by atoms with van der Waals surface area (Å²) in [5.74, 6) is -0.388. The Balaban J connectivity index is 1.48. The Labute approximate surface area is 224 Å². The topological polar surface area (TPSA) is 105 Å². The highest BCUT2D eigenvalue weighted by atomic mass is 16.5. The van der Waals surface area contributed by atoms with E-state index in [1.807, 2.05) is 13.8 Å². The third-order valence-electron chi connectivity index (χ3n) is 7.72. The predicted molar refractivity (Wildman–Crippen MR) is 140 cm³/mol. The summed E-state index contributed by atoms with van der Waals surface area (Å²) in [5.41, 5.74) is 1.50. The average Bonchev–Trinajstić information content (AvgIpc) is 2.94. The van der Waals surface area contributed by atoms with E-state index in [0.717, 1.165) is 49.0 Å². The zero-order chi connectivity index (χ0) is 27.7. The monoisotopic (exact) mass is 526 g/mol. The minimum absolute atomic E-state index is 0.200. The molecule has 38 heavy (non-hydrogen) atoms. The normalized spacial score (nSPS) is 23.0. The third kappa shape index (κ3) is 8.04. The summed E-state index contributed by atoms with van der Waals surface area (Å²) >= 11 is 0. The number of carbonyl (C=O) groups is 4. The molecule has 3 rings (SSSR count). The van der Waals surface area contributed by atoms with Crippen molar-refractivity contribution in [1.82, 2.24) is 0 Å². The molecule has 2 fully saturated rings. The van der Waals surface area contributed by atoms with Crippen molar-refractivity contribution in [3.05, 3.63) is 48.6 Å². The first-order valence-electron chi connectivity index (χ1n) is 13.3. The van der Waals surface area contributed by atoms with Crippen LogP contribution in [0.1, 0.15) is 62.5 Å². The molecule has 0 aromatic heterocycles. The summed E-state index contributed by atoms with van der Waals surface area (Å²) in [6.45, 7) is 11.2. The number of hydrogen-bond acceptors (Lipinski definition) is 8. The smallest absolute Gasteiger partial charge is 0.330 e. The number of rotatable bonds is 10. The molecule has 2 saturated carbocycles. The van der Waals surface area contributed by atoms with Gasteiger partial charge in [-0.1, -0.05) is 13.2 Å². The average molecular weight is 527 g/mol. The Bertz CT molecular complexity index is 960. The van der Waals surface area contributed by atoms with Crippen LogP contribution >= 0.6 is 0 Å². The summed E-state index contributed by atoms with van der Waals surface area (Å²) in [6, 6.07) is 3.35. The number of carbonyl (C=O) groups excluding carboxylic acids is 4. The number of benzene rings is 1. The second-order valence-electron chi connectivity index (χ2n) is 10.3.